The number of hydrogen-bond acceptors (Lipinski definition) is 5. The first-order valence-electron chi connectivity index (χ1n) is 8.72. The SMILES string of the molecule is C=Cc1cc(OC(F)F)c(-c2c([N+](=O)[O-])cnn2COCC[Si](C)(C)C)cc1Cl. The molecule has 0 amide bonds. The first-order valence-corrected chi connectivity index (χ1v) is 12.8. The Morgan fingerprint density at radius 3 is 2.66 bits per heavy atom. The van der Waals surface area contributed by atoms with Crippen molar-refractivity contribution in [2.75, 3.05) is 6.61 Å². The summed E-state index contributed by atoms with van der Waals surface area (Å²) in [6.45, 7) is 7.39. The molecule has 0 bridgehead atoms. The van der Waals surface area contributed by atoms with E-state index in [0.29, 0.717) is 12.2 Å². The fourth-order valence-corrected chi connectivity index (χ4v) is 3.51. The number of alkyl halides is 2. The Labute approximate surface area is 173 Å². The standard InChI is InChI=1S/C18H22ClF2N3O4Si/c1-5-12-8-16(28-18(20)21)13(9-14(12)19)17-15(24(25)26)10-22-23(17)11-27-6-7-29(2,3)4/h5,8-10,18H,1,6-7,11H2,2-4H3. The van der Waals surface area contributed by atoms with E-state index in [4.69, 9.17) is 16.3 Å². The molecule has 1 heterocycles. The van der Waals surface area contributed by atoms with Crippen molar-refractivity contribution < 1.29 is 23.2 Å². The Morgan fingerprint density at radius 2 is 2.10 bits per heavy atom. The smallest absolute Gasteiger partial charge is 0.387 e. The van der Waals surface area contributed by atoms with Gasteiger partial charge in [-0.2, -0.15) is 13.9 Å². The van der Waals surface area contributed by atoms with Gasteiger partial charge in [0, 0.05) is 19.7 Å². The van der Waals surface area contributed by atoms with Gasteiger partial charge in [0.05, 0.1) is 10.5 Å². The van der Waals surface area contributed by atoms with E-state index in [1.54, 1.807) is 0 Å². The number of nitrogens with zero attached hydrogens (tertiary/aromatic N) is 3. The zero-order valence-electron chi connectivity index (χ0n) is 16.3. The van der Waals surface area contributed by atoms with Gasteiger partial charge in [0.2, 0.25) is 0 Å². The fraction of sp³-hybridized carbons (Fsp3) is 0.389. The summed E-state index contributed by atoms with van der Waals surface area (Å²) in [6, 6.07) is 3.47. The van der Waals surface area contributed by atoms with Crippen molar-refractivity contribution >= 4 is 31.4 Å². The number of aromatic nitrogens is 2. The highest BCUT2D eigenvalue weighted by atomic mass is 35.5. The molecule has 0 spiro atoms. The Kier molecular flexibility index (Phi) is 7.50. The molecule has 0 aliphatic carbocycles. The lowest BCUT2D eigenvalue weighted by Gasteiger charge is -2.16. The molecule has 0 aliphatic rings. The van der Waals surface area contributed by atoms with E-state index in [9.17, 15) is 18.9 Å². The van der Waals surface area contributed by atoms with Gasteiger partial charge in [-0.3, -0.25) is 10.1 Å². The van der Waals surface area contributed by atoms with Crippen molar-refractivity contribution in [1.82, 2.24) is 9.78 Å². The van der Waals surface area contributed by atoms with Gasteiger partial charge in [-0.15, -0.1) is 0 Å². The third-order valence-electron chi connectivity index (χ3n) is 4.02. The molecule has 0 unspecified atom stereocenters. The van der Waals surface area contributed by atoms with Gasteiger partial charge in [-0.05, 0) is 23.7 Å². The summed E-state index contributed by atoms with van der Waals surface area (Å²) >= 11 is 6.18. The quantitative estimate of drug-likeness (QED) is 0.204. The molecule has 2 rings (SSSR count). The van der Waals surface area contributed by atoms with Crippen molar-refractivity contribution in [2.45, 2.75) is 39.0 Å². The maximum atomic E-state index is 12.9. The molecular formula is C18H22ClF2N3O4Si. The van der Waals surface area contributed by atoms with E-state index in [1.165, 1.54) is 22.9 Å². The van der Waals surface area contributed by atoms with Gasteiger partial charge < -0.3 is 9.47 Å². The summed E-state index contributed by atoms with van der Waals surface area (Å²) in [5.41, 5.74) is -0.0402. The topological polar surface area (TPSA) is 79.4 Å². The molecule has 0 saturated heterocycles. The molecule has 0 saturated carbocycles. The Morgan fingerprint density at radius 1 is 1.41 bits per heavy atom. The monoisotopic (exact) mass is 445 g/mol. The minimum Gasteiger partial charge on any atom is -0.434 e. The Hall–Kier alpha value is -2.30. The number of hydrogen-bond donors (Lipinski definition) is 0. The maximum absolute atomic E-state index is 12.9. The number of benzene rings is 1. The van der Waals surface area contributed by atoms with Gasteiger partial charge >= 0.3 is 12.3 Å². The van der Waals surface area contributed by atoms with Crippen LogP contribution in [0.5, 0.6) is 5.75 Å². The van der Waals surface area contributed by atoms with Gasteiger partial charge in [-0.25, -0.2) is 4.68 Å². The van der Waals surface area contributed by atoms with Crippen LogP contribution in [0.1, 0.15) is 5.56 Å². The third kappa shape index (κ3) is 6.08. The van der Waals surface area contributed by atoms with Crippen LogP contribution in [0.3, 0.4) is 0 Å². The molecule has 2 aromatic rings. The van der Waals surface area contributed by atoms with Crippen LogP contribution < -0.4 is 4.74 Å². The molecule has 0 atom stereocenters. The van der Waals surface area contributed by atoms with Crippen molar-refractivity contribution in [1.29, 1.82) is 0 Å². The molecular weight excluding hydrogens is 424 g/mol. The first kappa shape index (κ1) is 23.0. The van der Waals surface area contributed by atoms with E-state index in [-0.39, 0.29) is 34.4 Å². The zero-order valence-corrected chi connectivity index (χ0v) is 18.1. The highest BCUT2D eigenvalue weighted by molar-refractivity contribution is 6.76. The third-order valence-corrected chi connectivity index (χ3v) is 6.05. The number of halogens is 3. The van der Waals surface area contributed by atoms with Crippen LogP contribution in [-0.4, -0.2) is 36.0 Å². The predicted octanol–water partition coefficient (Wildman–Crippen LogP) is 5.67. The lowest BCUT2D eigenvalue weighted by molar-refractivity contribution is -0.384. The molecule has 0 fully saturated rings. The lowest BCUT2D eigenvalue weighted by atomic mass is 10.1. The molecule has 158 valence electrons. The molecule has 0 N–H and O–H groups in total. The second kappa shape index (κ2) is 9.46. The van der Waals surface area contributed by atoms with E-state index >= 15 is 0 Å². The Bertz CT molecular complexity index is 900. The van der Waals surface area contributed by atoms with Gasteiger partial charge in [0.1, 0.15) is 18.7 Å². The minimum atomic E-state index is -3.13. The molecule has 1 aromatic heterocycles. The first-order chi connectivity index (χ1) is 13.5. The molecule has 29 heavy (non-hydrogen) atoms. The average molecular weight is 446 g/mol. The molecule has 11 heteroatoms. The van der Waals surface area contributed by atoms with E-state index in [1.807, 2.05) is 0 Å². The largest absolute Gasteiger partial charge is 0.434 e. The van der Waals surface area contributed by atoms with Crippen molar-refractivity contribution in [3.05, 3.63) is 45.6 Å². The van der Waals surface area contributed by atoms with Crippen molar-refractivity contribution in [2.24, 2.45) is 0 Å². The summed E-state index contributed by atoms with van der Waals surface area (Å²) in [5, 5.41) is 15.7. The predicted molar refractivity (Wildman–Crippen MR) is 110 cm³/mol. The van der Waals surface area contributed by atoms with Gasteiger partial charge in [0.15, 0.2) is 5.69 Å². The summed E-state index contributed by atoms with van der Waals surface area (Å²) in [4.78, 5) is 10.8. The molecule has 1 aromatic carbocycles. The lowest BCUT2D eigenvalue weighted by Crippen LogP contribution is -2.22. The van der Waals surface area contributed by atoms with Crippen LogP contribution in [-0.2, 0) is 11.5 Å². The van der Waals surface area contributed by atoms with Gasteiger partial charge in [0.25, 0.3) is 0 Å². The van der Waals surface area contributed by atoms with Crippen LogP contribution in [0.15, 0.2) is 24.9 Å². The van der Waals surface area contributed by atoms with Crippen molar-refractivity contribution in [3.8, 4) is 17.0 Å². The van der Waals surface area contributed by atoms with Crippen molar-refractivity contribution in [3.63, 3.8) is 0 Å². The van der Waals surface area contributed by atoms with Crippen LogP contribution >= 0.6 is 11.6 Å². The zero-order chi connectivity index (χ0) is 21.8. The minimum absolute atomic E-state index is 0.0129. The van der Waals surface area contributed by atoms with Crippen LogP contribution in [0.4, 0.5) is 14.5 Å². The summed E-state index contributed by atoms with van der Waals surface area (Å²) < 4.78 is 37.3. The summed E-state index contributed by atoms with van der Waals surface area (Å²) in [6.07, 6.45) is 2.41. The molecule has 7 nitrogen and oxygen atoms in total. The van der Waals surface area contributed by atoms with E-state index in [0.717, 1.165) is 12.2 Å². The van der Waals surface area contributed by atoms with E-state index in [2.05, 4.69) is 36.1 Å². The van der Waals surface area contributed by atoms with Crippen LogP contribution in [0, 0.1) is 10.1 Å². The number of rotatable bonds is 10. The second-order valence-corrected chi connectivity index (χ2v) is 13.5. The average Bonchev–Trinajstić information content (AvgIpc) is 3.02. The molecule has 0 aliphatic heterocycles. The highest BCUT2D eigenvalue weighted by Crippen LogP contribution is 2.40. The summed E-state index contributed by atoms with van der Waals surface area (Å²) in [5.74, 6) is -0.272. The maximum Gasteiger partial charge on any atom is 0.387 e. The Balaban J connectivity index is 2.49. The normalized spacial score (nSPS) is 11.7. The van der Waals surface area contributed by atoms with Crippen LogP contribution in [0.2, 0.25) is 30.7 Å². The second-order valence-electron chi connectivity index (χ2n) is 7.44. The molecule has 0 radical (unpaired) electrons. The fourth-order valence-electron chi connectivity index (χ4n) is 2.52. The summed E-state index contributed by atoms with van der Waals surface area (Å²) in [7, 11) is -1.32. The van der Waals surface area contributed by atoms with Crippen LogP contribution in [0.25, 0.3) is 17.3 Å². The number of nitro groups is 1. The highest BCUT2D eigenvalue weighted by Gasteiger charge is 2.27. The van der Waals surface area contributed by atoms with Gasteiger partial charge in [-0.1, -0.05) is 43.9 Å². The van der Waals surface area contributed by atoms with E-state index < -0.39 is 19.6 Å². The number of ether oxygens (including phenoxy) is 2.